The molecule has 1 aromatic rings. The molecule has 3 rings (SSSR count). The molecule has 2 saturated heterocycles. The normalized spacial score (nSPS) is 24.0. The number of hydrogen-bond acceptors (Lipinski definition) is 4. The molecule has 0 bridgehead atoms. The van der Waals surface area contributed by atoms with Gasteiger partial charge < -0.3 is 14.6 Å². The van der Waals surface area contributed by atoms with Crippen molar-refractivity contribution in [3.63, 3.8) is 0 Å². The number of hydrogen-bond donors (Lipinski definition) is 1. The molecule has 2 fully saturated rings. The fourth-order valence-electron chi connectivity index (χ4n) is 3.44. The van der Waals surface area contributed by atoms with Crippen molar-refractivity contribution in [1.82, 2.24) is 10.2 Å². The van der Waals surface area contributed by atoms with Crippen LogP contribution >= 0.6 is 11.8 Å². The van der Waals surface area contributed by atoms with E-state index in [2.05, 4.69) is 12.2 Å². The third-order valence-corrected chi connectivity index (χ3v) is 5.93. The summed E-state index contributed by atoms with van der Waals surface area (Å²) in [5.41, 5.74) is 1.17. The van der Waals surface area contributed by atoms with E-state index in [1.54, 1.807) is 0 Å². The highest BCUT2D eigenvalue weighted by Crippen LogP contribution is 2.30. The van der Waals surface area contributed by atoms with E-state index in [9.17, 15) is 4.79 Å². The van der Waals surface area contributed by atoms with Gasteiger partial charge in [-0.3, -0.25) is 4.79 Å². The van der Waals surface area contributed by atoms with Crippen LogP contribution in [0.15, 0.2) is 10.5 Å². The van der Waals surface area contributed by atoms with E-state index in [-0.39, 0.29) is 5.91 Å². The number of rotatable bonds is 6. The molecule has 2 atom stereocenters. The van der Waals surface area contributed by atoms with E-state index < -0.39 is 0 Å². The van der Waals surface area contributed by atoms with E-state index in [0.29, 0.717) is 17.7 Å². The molecule has 0 spiro atoms. The first-order chi connectivity index (χ1) is 10.7. The Morgan fingerprint density at radius 1 is 1.50 bits per heavy atom. The zero-order valence-corrected chi connectivity index (χ0v) is 14.4. The maximum Gasteiger partial charge on any atom is 0.289 e. The molecule has 5 heteroatoms. The number of unbranched alkanes of at least 4 members (excludes halogenated alkanes) is 1. The molecular formula is C17H26N2O2S. The number of amides is 1. The average molecular weight is 322 g/mol. The molecule has 1 N–H and O–H groups in total. The van der Waals surface area contributed by atoms with Gasteiger partial charge in [0.2, 0.25) is 0 Å². The molecule has 2 aliphatic rings. The van der Waals surface area contributed by atoms with Gasteiger partial charge in [-0.15, -0.1) is 0 Å². The molecule has 0 unspecified atom stereocenters. The van der Waals surface area contributed by atoms with Crippen molar-refractivity contribution in [2.24, 2.45) is 5.92 Å². The molecule has 122 valence electrons. The van der Waals surface area contributed by atoms with Crippen LogP contribution in [0.2, 0.25) is 0 Å². The lowest BCUT2D eigenvalue weighted by atomic mass is 10.1. The van der Waals surface area contributed by atoms with Gasteiger partial charge in [-0.2, -0.15) is 11.8 Å². The highest BCUT2D eigenvalue weighted by atomic mass is 32.2. The van der Waals surface area contributed by atoms with Gasteiger partial charge >= 0.3 is 0 Å². The Bertz CT molecular complexity index is 529. The standard InChI is InChI=1S/C17H26N2O2S/c1-3-4-7-22-11-14-8-16(21-12(14)2)17(20)19-6-5-13-9-18-10-15(13)19/h8,13,15,18H,3-7,9-11H2,1-2H3/t13-,15+/m0/s1. The van der Waals surface area contributed by atoms with Crippen LogP contribution in [0.1, 0.15) is 48.1 Å². The number of fused-ring (bicyclic) bond motifs is 1. The lowest BCUT2D eigenvalue weighted by Crippen LogP contribution is -2.38. The number of carbonyl (C=O) groups excluding carboxylic acids is 1. The molecule has 3 heterocycles. The van der Waals surface area contributed by atoms with Crippen molar-refractivity contribution in [3.8, 4) is 0 Å². The van der Waals surface area contributed by atoms with Crippen LogP contribution in [0.5, 0.6) is 0 Å². The molecule has 22 heavy (non-hydrogen) atoms. The molecule has 4 nitrogen and oxygen atoms in total. The zero-order valence-electron chi connectivity index (χ0n) is 13.6. The van der Waals surface area contributed by atoms with Gasteiger partial charge in [0.25, 0.3) is 5.91 Å². The summed E-state index contributed by atoms with van der Waals surface area (Å²) in [4.78, 5) is 14.7. The minimum atomic E-state index is 0.0732. The second-order valence-electron chi connectivity index (χ2n) is 6.37. The molecule has 1 amide bonds. The smallest absolute Gasteiger partial charge is 0.289 e. The SMILES string of the molecule is CCCCSCc1cc(C(=O)N2CC[C@H]3CNC[C@H]32)oc1C. The van der Waals surface area contributed by atoms with Crippen molar-refractivity contribution in [3.05, 3.63) is 23.2 Å². The second-order valence-corrected chi connectivity index (χ2v) is 7.48. The van der Waals surface area contributed by atoms with Gasteiger partial charge in [-0.05, 0) is 37.5 Å². The highest BCUT2D eigenvalue weighted by Gasteiger charge is 2.40. The van der Waals surface area contributed by atoms with Crippen LogP contribution in [0.4, 0.5) is 0 Å². The highest BCUT2D eigenvalue weighted by molar-refractivity contribution is 7.98. The number of nitrogens with one attached hydrogen (secondary N) is 1. The number of likely N-dealkylation sites (tertiary alicyclic amines) is 1. The van der Waals surface area contributed by atoms with Crippen molar-refractivity contribution in [2.75, 3.05) is 25.4 Å². The van der Waals surface area contributed by atoms with Crippen LogP contribution in [-0.2, 0) is 5.75 Å². The second kappa shape index (κ2) is 7.09. The van der Waals surface area contributed by atoms with Crippen LogP contribution in [0.25, 0.3) is 0 Å². The number of furan rings is 1. The molecule has 2 aliphatic heterocycles. The Hall–Kier alpha value is -0.940. The first kappa shape index (κ1) is 15.9. The third kappa shape index (κ3) is 3.20. The maximum absolute atomic E-state index is 12.7. The van der Waals surface area contributed by atoms with Gasteiger partial charge in [0, 0.05) is 37.0 Å². The first-order valence-electron chi connectivity index (χ1n) is 8.39. The van der Waals surface area contributed by atoms with Gasteiger partial charge in [-0.1, -0.05) is 13.3 Å². The van der Waals surface area contributed by atoms with Gasteiger partial charge in [0.1, 0.15) is 5.76 Å². The Morgan fingerprint density at radius 3 is 3.18 bits per heavy atom. The largest absolute Gasteiger partial charge is 0.456 e. The summed E-state index contributed by atoms with van der Waals surface area (Å²) in [5.74, 6) is 4.24. The summed E-state index contributed by atoms with van der Waals surface area (Å²) in [6.45, 7) is 7.02. The number of aryl methyl sites for hydroxylation is 1. The Labute approximate surface area is 137 Å². The molecule has 0 saturated carbocycles. The molecule has 0 aromatic carbocycles. The summed E-state index contributed by atoms with van der Waals surface area (Å²) in [5, 5.41) is 3.39. The summed E-state index contributed by atoms with van der Waals surface area (Å²) in [6, 6.07) is 2.33. The van der Waals surface area contributed by atoms with E-state index in [4.69, 9.17) is 4.42 Å². The predicted octanol–water partition coefficient (Wildman–Crippen LogP) is 3.06. The third-order valence-electron chi connectivity index (χ3n) is 4.84. The van der Waals surface area contributed by atoms with Crippen molar-refractivity contribution >= 4 is 17.7 Å². The summed E-state index contributed by atoms with van der Waals surface area (Å²) in [6.07, 6.45) is 3.59. The van der Waals surface area contributed by atoms with Crippen molar-refractivity contribution < 1.29 is 9.21 Å². The summed E-state index contributed by atoms with van der Waals surface area (Å²) in [7, 11) is 0. The number of carbonyl (C=O) groups is 1. The fourth-order valence-corrected chi connectivity index (χ4v) is 4.58. The fraction of sp³-hybridized carbons (Fsp3) is 0.706. The Kier molecular flexibility index (Phi) is 5.14. The average Bonchev–Trinajstić information content (AvgIpc) is 3.18. The Balaban J connectivity index is 1.63. The topological polar surface area (TPSA) is 45.5 Å². The van der Waals surface area contributed by atoms with Gasteiger partial charge in [-0.25, -0.2) is 0 Å². The lowest BCUT2D eigenvalue weighted by molar-refractivity contribution is 0.0703. The zero-order chi connectivity index (χ0) is 15.5. The van der Waals surface area contributed by atoms with Crippen molar-refractivity contribution in [1.29, 1.82) is 0 Å². The molecule has 0 aliphatic carbocycles. The van der Waals surface area contributed by atoms with Crippen LogP contribution in [0, 0.1) is 12.8 Å². The van der Waals surface area contributed by atoms with E-state index in [0.717, 1.165) is 37.6 Å². The van der Waals surface area contributed by atoms with E-state index in [1.807, 2.05) is 29.7 Å². The quantitative estimate of drug-likeness (QED) is 0.818. The molecule has 1 aromatic heterocycles. The summed E-state index contributed by atoms with van der Waals surface area (Å²) < 4.78 is 5.77. The minimum absolute atomic E-state index is 0.0732. The monoisotopic (exact) mass is 322 g/mol. The first-order valence-corrected chi connectivity index (χ1v) is 9.55. The predicted molar refractivity (Wildman–Crippen MR) is 90.3 cm³/mol. The maximum atomic E-state index is 12.7. The van der Waals surface area contributed by atoms with Gasteiger partial charge in [0.05, 0.1) is 0 Å². The molecule has 0 radical (unpaired) electrons. The Morgan fingerprint density at radius 2 is 2.36 bits per heavy atom. The number of thioether (sulfide) groups is 1. The van der Waals surface area contributed by atoms with Crippen molar-refractivity contribution in [2.45, 2.75) is 44.9 Å². The minimum Gasteiger partial charge on any atom is -0.456 e. The van der Waals surface area contributed by atoms with E-state index >= 15 is 0 Å². The number of nitrogens with zero attached hydrogens (tertiary/aromatic N) is 1. The summed E-state index contributed by atoms with van der Waals surface area (Å²) >= 11 is 1.92. The van der Waals surface area contributed by atoms with E-state index in [1.165, 1.54) is 24.2 Å². The lowest BCUT2D eigenvalue weighted by Gasteiger charge is -2.22. The van der Waals surface area contributed by atoms with Crippen LogP contribution < -0.4 is 5.32 Å². The van der Waals surface area contributed by atoms with Crippen LogP contribution in [0.3, 0.4) is 0 Å². The van der Waals surface area contributed by atoms with Crippen LogP contribution in [-0.4, -0.2) is 42.2 Å². The van der Waals surface area contributed by atoms with Gasteiger partial charge in [0.15, 0.2) is 5.76 Å². The molecular weight excluding hydrogens is 296 g/mol.